The summed E-state index contributed by atoms with van der Waals surface area (Å²) in [5.74, 6) is -0.200. The molecule has 1 N–H and O–H groups in total. The molecule has 2 atom stereocenters. The highest BCUT2D eigenvalue weighted by Gasteiger charge is 2.48. The third kappa shape index (κ3) is 7.22. The first-order valence-electron chi connectivity index (χ1n) is 9.93. The molecule has 174 valence electrons. The van der Waals surface area contributed by atoms with Crippen LogP contribution in [0.3, 0.4) is 0 Å². The average Bonchev–Trinajstić information content (AvgIpc) is 2.64. The topological polar surface area (TPSA) is 77.1 Å². The summed E-state index contributed by atoms with van der Waals surface area (Å²) in [7, 11) is 1.43. The van der Waals surface area contributed by atoms with Crippen molar-refractivity contribution in [3.05, 3.63) is 23.8 Å². The first kappa shape index (κ1) is 24.6. The van der Waals surface area contributed by atoms with Gasteiger partial charge in [-0.2, -0.15) is 13.2 Å². The molecule has 1 saturated heterocycles. The number of carbonyl (C=O) groups excluding carboxylic acids is 2. The molecule has 1 aliphatic rings. The fourth-order valence-electron chi connectivity index (χ4n) is 3.30. The van der Waals surface area contributed by atoms with Crippen molar-refractivity contribution in [1.29, 1.82) is 0 Å². The molecule has 2 amide bonds. The largest absolute Gasteiger partial charge is 0.493 e. The minimum absolute atomic E-state index is 0.0693. The Morgan fingerprint density at radius 2 is 1.84 bits per heavy atom. The Bertz CT molecular complexity index is 792. The average molecular weight is 446 g/mol. The first-order valence-corrected chi connectivity index (χ1v) is 9.93. The minimum atomic E-state index is -4.59. The second-order valence-electron chi connectivity index (χ2n) is 8.47. The molecule has 1 aliphatic heterocycles. The Morgan fingerprint density at radius 1 is 1.16 bits per heavy atom. The van der Waals surface area contributed by atoms with Crippen molar-refractivity contribution in [2.75, 3.05) is 20.3 Å². The van der Waals surface area contributed by atoms with Crippen LogP contribution in [-0.2, 0) is 9.53 Å². The standard InChI is InChI=1S/C21H29F3N2O5/c1-13-6-8-15(16(10-13)29-5)30-12-18(27)26-11-14(7-9-17(26)21(22,23)24)25-19(28)31-20(2,3)4/h6,8,10,14,17H,7,9,11-12H2,1-5H3,(H,25,28). The molecule has 31 heavy (non-hydrogen) atoms. The number of aryl methyl sites for hydroxylation is 1. The summed E-state index contributed by atoms with van der Waals surface area (Å²) in [5.41, 5.74) is 0.156. The highest BCUT2D eigenvalue weighted by Crippen LogP contribution is 2.33. The summed E-state index contributed by atoms with van der Waals surface area (Å²) in [5, 5.41) is 2.55. The number of benzene rings is 1. The second kappa shape index (κ2) is 9.65. The summed E-state index contributed by atoms with van der Waals surface area (Å²) in [6.45, 7) is 6.00. The van der Waals surface area contributed by atoms with Gasteiger partial charge in [0.2, 0.25) is 0 Å². The van der Waals surface area contributed by atoms with Crippen LogP contribution in [0.15, 0.2) is 18.2 Å². The van der Waals surface area contributed by atoms with E-state index in [0.29, 0.717) is 10.6 Å². The van der Waals surface area contributed by atoms with E-state index in [0.717, 1.165) is 5.56 Å². The smallest absolute Gasteiger partial charge is 0.408 e. The zero-order valence-corrected chi connectivity index (χ0v) is 18.3. The molecule has 10 heteroatoms. The van der Waals surface area contributed by atoms with Gasteiger partial charge in [0.25, 0.3) is 5.91 Å². The lowest BCUT2D eigenvalue weighted by Gasteiger charge is -2.40. The highest BCUT2D eigenvalue weighted by molar-refractivity contribution is 5.78. The van der Waals surface area contributed by atoms with Crippen molar-refractivity contribution in [3.8, 4) is 11.5 Å². The zero-order chi connectivity index (χ0) is 23.4. The number of nitrogens with one attached hydrogen (secondary N) is 1. The van der Waals surface area contributed by atoms with Crippen molar-refractivity contribution in [3.63, 3.8) is 0 Å². The SMILES string of the molecule is COc1cc(C)ccc1OCC(=O)N1CC(NC(=O)OC(C)(C)C)CCC1C(F)(F)F. The molecule has 2 unspecified atom stereocenters. The molecular formula is C21H29F3N2O5. The minimum Gasteiger partial charge on any atom is -0.493 e. The van der Waals surface area contributed by atoms with Crippen LogP contribution in [0.2, 0.25) is 0 Å². The Labute approximate surface area is 179 Å². The quantitative estimate of drug-likeness (QED) is 0.744. The van der Waals surface area contributed by atoms with Gasteiger partial charge in [-0.3, -0.25) is 4.79 Å². The van der Waals surface area contributed by atoms with Gasteiger partial charge in [-0.05, 0) is 58.2 Å². The Kier molecular flexibility index (Phi) is 7.67. The lowest BCUT2D eigenvalue weighted by Crippen LogP contribution is -2.59. The summed E-state index contributed by atoms with van der Waals surface area (Å²) < 4.78 is 56.4. The third-order valence-electron chi connectivity index (χ3n) is 4.67. The van der Waals surface area contributed by atoms with Crippen molar-refractivity contribution in [2.24, 2.45) is 0 Å². The monoisotopic (exact) mass is 446 g/mol. The molecule has 1 aromatic rings. The normalized spacial score (nSPS) is 19.5. The summed E-state index contributed by atoms with van der Waals surface area (Å²) in [6, 6.07) is 2.42. The molecule has 1 heterocycles. The molecule has 0 saturated carbocycles. The van der Waals surface area contributed by atoms with E-state index in [-0.39, 0.29) is 25.1 Å². The van der Waals surface area contributed by atoms with Crippen molar-refractivity contribution >= 4 is 12.0 Å². The number of rotatable bonds is 5. The van der Waals surface area contributed by atoms with Crippen LogP contribution >= 0.6 is 0 Å². The summed E-state index contributed by atoms with van der Waals surface area (Å²) in [6.07, 6.45) is -5.59. The van der Waals surface area contributed by atoms with Crippen LogP contribution < -0.4 is 14.8 Å². The van der Waals surface area contributed by atoms with Crippen molar-refractivity contribution in [1.82, 2.24) is 10.2 Å². The number of carbonyl (C=O) groups is 2. The lowest BCUT2D eigenvalue weighted by molar-refractivity contribution is -0.198. The lowest BCUT2D eigenvalue weighted by atomic mass is 9.97. The predicted octanol–water partition coefficient (Wildman–Crippen LogP) is 3.83. The maximum absolute atomic E-state index is 13.5. The molecule has 0 spiro atoms. The van der Waals surface area contributed by atoms with Crippen LogP contribution in [0.5, 0.6) is 11.5 Å². The van der Waals surface area contributed by atoms with Crippen molar-refractivity contribution < 1.29 is 37.0 Å². The summed E-state index contributed by atoms with van der Waals surface area (Å²) >= 11 is 0. The van der Waals surface area contributed by atoms with Gasteiger partial charge in [0, 0.05) is 12.6 Å². The Balaban J connectivity index is 2.09. The number of methoxy groups -OCH3 is 1. The number of piperidine rings is 1. The number of likely N-dealkylation sites (tertiary alicyclic amines) is 1. The third-order valence-corrected chi connectivity index (χ3v) is 4.67. The van der Waals surface area contributed by atoms with Crippen LogP contribution in [0.1, 0.15) is 39.2 Å². The fourth-order valence-corrected chi connectivity index (χ4v) is 3.30. The Hall–Kier alpha value is -2.65. The molecule has 0 aliphatic carbocycles. The highest BCUT2D eigenvalue weighted by atomic mass is 19.4. The van der Waals surface area contributed by atoms with E-state index < -0.39 is 42.5 Å². The van der Waals surface area contributed by atoms with E-state index in [2.05, 4.69) is 5.32 Å². The van der Waals surface area contributed by atoms with Gasteiger partial charge < -0.3 is 24.4 Å². The van der Waals surface area contributed by atoms with Gasteiger partial charge in [-0.1, -0.05) is 6.07 Å². The van der Waals surface area contributed by atoms with Crippen LogP contribution in [0.4, 0.5) is 18.0 Å². The van der Waals surface area contributed by atoms with E-state index in [1.807, 2.05) is 6.92 Å². The fraction of sp³-hybridized carbons (Fsp3) is 0.619. The first-order chi connectivity index (χ1) is 14.3. The molecule has 7 nitrogen and oxygen atoms in total. The number of halogens is 3. The van der Waals surface area contributed by atoms with E-state index in [4.69, 9.17) is 14.2 Å². The number of amides is 2. The van der Waals surface area contributed by atoms with Gasteiger partial charge in [-0.25, -0.2) is 4.79 Å². The molecular weight excluding hydrogens is 417 g/mol. The number of ether oxygens (including phenoxy) is 3. The maximum atomic E-state index is 13.5. The molecule has 0 radical (unpaired) electrons. The number of hydrogen-bond acceptors (Lipinski definition) is 5. The van der Waals surface area contributed by atoms with Crippen LogP contribution in [0.25, 0.3) is 0 Å². The van der Waals surface area contributed by atoms with E-state index in [9.17, 15) is 22.8 Å². The molecule has 1 fully saturated rings. The van der Waals surface area contributed by atoms with Crippen molar-refractivity contribution in [2.45, 2.75) is 64.4 Å². The second-order valence-corrected chi connectivity index (χ2v) is 8.47. The molecule has 0 aromatic heterocycles. The van der Waals surface area contributed by atoms with Gasteiger partial charge in [0.15, 0.2) is 18.1 Å². The van der Waals surface area contributed by atoms with Crippen LogP contribution in [0, 0.1) is 6.92 Å². The summed E-state index contributed by atoms with van der Waals surface area (Å²) in [4.78, 5) is 25.4. The molecule has 2 rings (SSSR count). The van der Waals surface area contributed by atoms with Gasteiger partial charge in [0.1, 0.15) is 11.6 Å². The van der Waals surface area contributed by atoms with Gasteiger partial charge in [-0.15, -0.1) is 0 Å². The predicted molar refractivity (Wildman–Crippen MR) is 107 cm³/mol. The van der Waals surface area contributed by atoms with Gasteiger partial charge in [0.05, 0.1) is 7.11 Å². The van der Waals surface area contributed by atoms with Gasteiger partial charge >= 0.3 is 12.3 Å². The van der Waals surface area contributed by atoms with E-state index in [1.165, 1.54) is 7.11 Å². The number of hydrogen-bond donors (Lipinski definition) is 1. The number of alkyl carbamates (subject to hydrolysis) is 1. The van der Waals surface area contributed by atoms with E-state index in [1.54, 1.807) is 39.0 Å². The zero-order valence-electron chi connectivity index (χ0n) is 18.3. The number of alkyl halides is 3. The number of nitrogens with zero attached hydrogens (tertiary/aromatic N) is 1. The van der Waals surface area contributed by atoms with E-state index >= 15 is 0 Å². The Morgan fingerprint density at radius 3 is 2.42 bits per heavy atom. The molecule has 1 aromatic carbocycles. The van der Waals surface area contributed by atoms with Crippen LogP contribution in [-0.4, -0.2) is 61.0 Å². The maximum Gasteiger partial charge on any atom is 0.408 e. The molecule has 0 bridgehead atoms.